The second kappa shape index (κ2) is 8.82. The maximum Gasteiger partial charge on any atom is 0.243 e. The Morgan fingerprint density at radius 2 is 1.69 bits per heavy atom. The van der Waals surface area contributed by atoms with Gasteiger partial charge in [0.25, 0.3) is 0 Å². The van der Waals surface area contributed by atoms with Gasteiger partial charge in [-0.15, -0.1) is 0 Å². The van der Waals surface area contributed by atoms with Crippen molar-refractivity contribution in [1.82, 2.24) is 9.62 Å². The summed E-state index contributed by atoms with van der Waals surface area (Å²) in [6.07, 6.45) is 0. The summed E-state index contributed by atoms with van der Waals surface area (Å²) in [6, 6.07) is 13.9. The molecule has 0 saturated heterocycles. The number of nitrogens with one attached hydrogen (secondary N) is 1. The lowest BCUT2D eigenvalue weighted by atomic mass is 10.2. The van der Waals surface area contributed by atoms with Gasteiger partial charge in [-0.3, -0.25) is 4.79 Å². The molecule has 140 valence electrons. The van der Waals surface area contributed by atoms with E-state index in [2.05, 4.69) is 5.32 Å². The molecule has 7 heteroatoms. The van der Waals surface area contributed by atoms with Crippen molar-refractivity contribution < 1.29 is 17.9 Å². The molecule has 1 amide bonds. The smallest absolute Gasteiger partial charge is 0.243 e. The van der Waals surface area contributed by atoms with Crippen LogP contribution >= 0.6 is 0 Å². The first-order valence-corrected chi connectivity index (χ1v) is 9.78. The third-order valence-corrected chi connectivity index (χ3v) is 5.64. The average Bonchev–Trinajstić information content (AvgIpc) is 2.61. The molecule has 0 atom stereocenters. The highest BCUT2D eigenvalue weighted by molar-refractivity contribution is 7.89. The number of rotatable bonds is 8. The average molecular weight is 376 g/mol. The van der Waals surface area contributed by atoms with Gasteiger partial charge < -0.3 is 10.1 Å². The summed E-state index contributed by atoms with van der Waals surface area (Å²) in [4.78, 5) is 12.3. The van der Waals surface area contributed by atoms with Gasteiger partial charge in [-0.1, -0.05) is 29.8 Å². The van der Waals surface area contributed by atoms with Gasteiger partial charge in [0.05, 0.1) is 18.0 Å². The fraction of sp³-hybridized carbons (Fsp3) is 0.316. The molecule has 0 unspecified atom stereocenters. The predicted octanol–water partition coefficient (Wildman–Crippen LogP) is 2.33. The number of benzene rings is 2. The number of carbonyl (C=O) groups excluding carboxylic acids is 1. The topological polar surface area (TPSA) is 75.7 Å². The molecule has 2 aromatic rings. The van der Waals surface area contributed by atoms with Crippen LogP contribution in [0, 0.1) is 6.92 Å². The van der Waals surface area contributed by atoms with Gasteiger partial charge in [-0.2, -0.15) is 4.31 Å². The summed E-state index contributed by atoms with van der Waals surface area (Å²) in [5.41, 5.74) is 1.88. The Bertz CT molecular complexity index is 831. The molecule has 0 spiro atoms. The van der Waals surface area contributed by atoms with E-state index in [1.165, 1.54) is 7.05 Å². The molecule has 0 aromatic heterocycles. The van der Waals surface area contributed by atoms with Crippen LogP contribution in [0.3, 0.4) is 0 Å². The molecule has 0 saturated carbocycles. The van der Waals surface area contributed by atoms with E-state index < -0.39 is 10.0 Å². The maximum atomic E-state index is 12.5. The van der Waals surface area contributed by atoms with E-state index in [0.717, 1.165) is 21.2 Å². The monoisotopic (exact) mass is 376 g/mol. The molecular weight excluding hydrogens is 352 g/mol. The Balaban J connectivity index is 1.91. The number of aryl methyl sites for hydroxylation is 1. The summed E-state index contributed by atoms with van der Waals surface area (Å²) in [7, 11) is -2.30. The minimum absolute atomic E-state index is 0.171. The molecule has 0 aliphatic carbocycles. The lowest BCUT2D eigenvalue weighted by Gasteiger charge is -2.17. The second-order valence-corrected chi connectivity index (χ2v) is 7.97. The third-order valence-electron chi connectivity index (χ3n) is 3.82. The number of hydrogen-bond donors (Lipinski definition) is 1. The molecule has 2 aromatic carbocycles. The van der Waals surface area contributed by atoms with Crippen LogP contribution in [0.15, 0.2) is 53.4 Å². The molecule has 0 radical (unpaired) electrons. The van der Waals surface area contributed by atoms with Crippen LogP contribution in [0.4, 0.5) is 0 Å². The Morgan fingerprint density at radius 3 is 2.27 bits per heavy atom. The third kappa shape index (κ3) is 5.31. The van der Waals surface area contributed by atoms with E-state index in [1.54, 1.807) is 24.3 Å². The number of hydrogen-bond acceptors (Lipinski definition) is 4. The number of amides is 1. The molecule has 0 bridgehead atoms. The van der Waals surface area contributed by atoms with Crippen molar-refractivity contribution in [3.63, 3.8) is 0 Å². The maximum absolute atomic E-state index is 12.5. The van der Waals surface area contributed by atoms with Crippen LogP contribution in [0.2, 0.25) is 0 Å². The van der Waals surface area contributed by atoms with E-state index in [-0.39, 0.29) is 17.3 Å². The number of nitrogens with zero attached hydrogens (tertiary/aromatic N) is 1. The standard InChI is InChI=1S/C19H24N2O4S/c1-4-25-17-9-7-16(8-10-17)13-20-19(22)14-21(3)26(23,24)18-11-5-15(2)6-12-18/h5-12H,4,13-14H2,1-3H3,(H,20,22). The van der Waals surface area contributed by atoms with Crippen molar-refractivity contribution in [3.8, 4) is 5.75 Å². The highest BCUT2D eigenvalue weighted by Crippen LogP contribution is 2.15. The summed E-state index contributed by atoms with van der Waals surface area (Å²) >= 11 is 0. The first-order valence-electron chi connectivity index (χ1n) is 8.34. The normalized spacial score (nSPS) is 11.4. The molecule has 6 nitrogen and oxygen atoms in total. The van der Waals surface area contributed by atoms with Crippen molar-refractivity contribution in [3.05, 3.63) is 59.7 Å². The summed E-state index contributed by atoms with van der Waals surface area (Å²) in [5.74, 6) is 0.406. The number of sulfonamides is 1. The number of likely N-dealkylation sites (N-methyl/N-ethyl adjacent to an activating group) is 1. The van der Waals surface area contributed by atoms with Gasteiger partial charge in [0.1, 0.15) is 5.75 Å². The lowest BCUT2D eigenvalue weighted by Crippen LogP contribution is -2.38. The van der Waals surface area contributed by atoms with Gasteiger partial charge in [0.15, 0.2) is 0 Å². The zero-order valence-electron chi connectivity index (χ0n) is 15.2. The predicted molar refractivity (Wildman–Crippen MR) is 100 cm³/mol. The molecule has 0 fully saturated rings. The minimum atomic E-state index is -3.69. The van der Waals surface area contributed by atoms with Crippen LogP contribution in [0.5, 0.6) is 5.75 Å². The van der Waals surface area contributed by atoms with Crippen LogP contribution in [-0.2, 0) is 21.4 Å². The summed E-state index contributed by atoms with van der Waals surface area (Å²) < 4.78 is 31.4. The molecule has 0 aliphatic rings. The summed E-state index contributed by atoms with van der Waals surface area (Å²) in [6.45, 7) is 4.47. The highest BCUT2D eigenvalue weighted by atomic mass is 32.2. The van der Waals surface area contributed by atoms with Crippen LogP contribution in [-0.4, -0.2) is 38.8 Å². The van der Waals surface area contributed by atoms with Gasteiger partial charge in [0.2, 0.25) is 15.9 Å². The minimum Gasteiger partial charge on any atom is -0.494 e. The van der Waals surface area contributed by atoms with Gasteiger partial charge in [0, 0.05) is 13.6 Å². The van der Waals surface area contributed by atoms with E-state index in [1.807, 2.05) is 38.1 Å². The van der Waals surface area contributed by atoms with Gasteiger partial charge >= 0.3 is 0 Å². The van der Waals surface area contributed by atoms with E-state index in [0.29, 0.717) is 13.2 Å². The lowest BCUT2D eigenvalue weighted by molar-refractivity contribution is -0.121. The van der Waals surface area contributed by atoms with Crippen molar-refractivity contribution in [1.29, 1.82) is 0 Å². The Morgan fingerprint density at radius 1 is 1.08 bits per heavy atom. The Kier molecular flexibility index (Phi) is 6.76. The van der Waals surface area contributed by atoms with Crippen LogP contribution in [0.1, 0.15) is 18.1 Å². The molecule has 1 N–H and O–H groups in total. The number of carbonyl (C=O) groups is 1. The van der Waals surface area contributed by atoms with Crippen LogP contribution < -0.4 is 10.1 Å². The van der Waals surface area contributed by atoms with Crippen molar-refractivity contribution >= 4 is 15.9 Å². The quantitative estimate of drug-likeness (QED) is 0.767. The summed E-state index contributed by atoms with van der Waals surface area (Å²) in [5, 5.41) is 2.73. The van der Waals surface area contributed by atoms with E-state index in [9.17, 15) is 13.2 Å². The SMILES string of the molecule is CCOc1ccc(CNC(=O)CN(C)S(=O)(=O)c2ccc(C)cc2)cc1. The number of ether oxygens (including phenoxy) is 1. The van der Waals surface area contributed by atoms with Gasteiger partial charge in [-0.25, -0.2) is 8.42 Å². The van der Waals surface area contributed by atoms with Gasteiger partial charge in [-0.05, 0) is 43.7 Å². The molecule has 0 aliphatic heterocycles. The zero-order chi connectivity index (χ0) is 19.2. The zero-order valence-corrected chi connectivity index (χ0v) is 16.0. The van der Waals surface area contributed by atoms with E-state index in [4.69, 9.17) is 4.74 Å². The highest BCUT2D eigenvalue weighted by Gasteiger charge is 2.22. The first-order chi connectivity index (χ1) is 12.3. The molecule has 0 heterocycles. The second-order valence-electron chi connectivity index (χ2n) is 5.93. The van der Waals surface area contributed by atoms with Crippen LogP contribution in [0.25, 0.3) is 0 Å². The molecule has 26 heavy (non-hydrogen) atoms. The van der Waals surface area contributed by atoms with Crippen molar-refractivity contribution in [2.24, 2.45) is 0 Å². The Labute approximate surface area is 154 Å². The first kappa shape index (κ1) is 19.9. The molecular formula is C19H24N2O4S. The molecule has 2 rings (SSSR count). The van der Waals surface area contributed by atoms with Crippen molar-refractivity contribution in [2.45, 2.75) is 25.3 Å². The Hall–Kier alpha value is -2.38. The fourth-order valence-electron chi connectivity index (χ4n) is 2.30. The largest absolute Gasteiger partial charge is 0.494 e. The van der Waals surface area contributed by atoms with Crippen molar-refractivity contribution in [2.75, 3.05) is 20.2 Å². The fourth-order valence-corrected chi connectivity index (χ4v) is 3.43. The van der Waals surface area contributed by atoms with E-state index >= 15 is 0 Å².